The lowest BCUT2D eigenvalue weighted by Gasteiger charge is -2.36. The first-order valence-electron chi connectivity index (χ1n) is 18.7. The van der Waals surface area contributed by atoms with Crippen molar-refractivity contribution in [3.63, 3.8) is 0 Å². The Hall–Kier alpha value is -8.01. The van der Waals surface area contributed by atoms with Gasteiger partial charge in [0.05, 0.1) is 35.2 Å². The molecular weight excluding hydrogens is 767 g/mol. The number of benzene rings is 6. The number of imidazole rings is 1. The Kier molecular flexibility index (Phi) is 9.03. The second-order valence-corrected chi connectivity index (χ2v) is 14.1. The number of amides is 4. The molecule has 3 aliphatic rings. The summed E-state index contributed by atoms with van der Waals surface area (Å²) in [6.45, 7) is -0.0649. The summed E-state index contributed by atoms with van der Waals surface area (Å²) in [5.41, 5.74) is 8.21. The highest BCUT2D eigenvalue weighted by atomic mass is 16.5. The van der Waals surface area contributed by atoms with E-state index in [-0.39, 0.29) is 30.3 Å². The first-order chi connectivity index (χ1) is 29.0. The highest BCUT2D eigenvalue weighted by Gasteiger charge is 2.52. The number of nitrogens with one attached hydrogen (secondary N) is 3. The number of H-pyrrole nitrogens is 1. The standard InChI is InChI=1S/C23H18N4O4.C22H17N3O4/c1-31-22(29)26-21-24-18-12-11-14(13-19(18)25-21)23(30)17-10-6-5-9-16(17)20(28)27(23)15-7-3-2-4-8-15;23-16-7-3-4-8-18(16)25-21(27)14-5-1-2-6-15(14)22(25,28)13-9-10-19-17(11-13)24-20(26)12-29-19/h2-13,30H,1H3,(H2,24,25,26,29);1-11,28H,12,23H2,(H,24,26). The third-order valence-electron chi connectivity index (χ3n) is 10.6. The van der Waals surface area contributed by atoms with Crippen molar-refractivity contribution in [3.8, 4) is 5.75 Å². The van der Waals surface area contributed by atoms with Gasteiger partial charge in [0.2, 0.25) is 5.95 Å². The molecule has 298 valence electrons. The van der Waals surface area contributed by atoms with Crippen LogP contribution < -0.4 is 30.9 Å². The van der Waals surface area contributed by atoms with Crippen LogP contribution in [0.4, 0.5) is 33.5 Å². The molecule has 2 unspecified atom stereocenters. The van der Waals surface area contributed by atoms with Crippen LogP contribution in [-0.2, 0) is 21.0 Å². The number of nitrogen functional groups attached to an aromatic ring is 1. The first kappa shape index (κ1) is 37.6. The molecule has 2 atom stereocenters. The number of aromatic nitrogens is 2. The largest absolute Gasteiger partial charge is 0.482 e. The lowest BCUT2D eigenvalue weighted by molar-refractivity contribution is -0.118. The van der Waals surface area contributed by atoms with E-state index in [0.717, 1.165) is 0 Å². The van der Waals surface area contributed by atoms with Gasteiger partial charge in [-0.15, -0.1) is 0 Å². The van der Waals surface area contributed by atoms with Gasteiger partial charge in [-0.3, -0.25) is 29.5 Å². The summed E-state index contributed by atoms with van der Waals surface area (Å²) in [4.78, 5) is 59.8. The summed E-state index contributed by atoms with van der Waals surface area (Å²) in [6, 6.07) is 39.9. The van der Waals surface area contributed by atoms with Crippen molar-refractivity contribution < 1.29 is 38.9 Å². The monoisotopic (exact) mass is 801 g/mol. The van der Waals surface area contributed by atoms with Gasteiger partial charge in [-0.2, -0.15) is 0 Å². The van der Waals surface area contributed by atoms with Crippen molar-refractivity contribution in [2.75, 3.05) is 39.9 Å². The van der Waals surface area contributed by atoms with Crippen LogP contribution in [-0.4, -0.2) is 57.7 Å². The molecule has 4 amide bonds. The quantitative estimate of drug-likeness (QED) is 0.111. The third-order valence-corrected chi connectivity index (χ3v) is 10.6. The molecule has 7 aromatic rings. The molecule has 60 heavy (non-hydrogen) atoms. The van der Waals surface area contributed by atoms with E-state index in [4.69, 9.17) is 10.5 Å². The van der Waals surface area contributed by atoms with Crippen LogP contribution in [0.25, 0.3) is 11.0 Å². The smallest absolute Gasteiger partial charge is 0.413 e. The fraction of sp³-hybridized carbons (Fsp3) is 0.0889. The average molecular weight is 802 g/mol. The Labute approximate surface area is 341 Å². The Morgan fingerprint density at radius 3 is 2.07 bits per heavy atom. The normalized spacial score (nSPS) is 18.8. The van der Waals surface area contributed by atoms with E-state index in [1.54, 1.807) is 121 Å². The maximum Gasteiger partial charge on any atom is 0.413 e. The predicted octanol–water partition coefficient (Wildman–Crippen LogP) is 6.05. The summed E-state index contributed by atoms with van der Waals surface area (Å²) >= 11 is 0. The molecule has 0 fully saturated rings. The number of carbonyl (C=O) groups excluding carboxylic acids is 4. The highest BCUT2D eigenvalue weighted by Crippen LogP contribution is 2.48. The Morgan fingerprint density at radius 2 is 1.37 bits per heavy atom. The molecule has 0 aliphatic carbocycles. The molecule has 0 radical (unpaired) electrons. The number of hydrogen-bond acceptors (Lipinski definition) is 10. The van der Waals surface area contributed by atoms with Gasteiger partial charge in [-0.05, 0) is 66.7 Å². The lowest BCUT2D eigenvalue weighted by atomic mass is 9.92. The minimum atomic E-state index is -1.81. The first-order valence-corrected chi connectivity index (χ1v) is 18.7. The molecule has 15 heteroatoms. The zero-order valence-electron chi connectivity index (χ0n) is 31.7. The number of para-hydroxylation sites is 3. The van der Waals surface area contributed by atoms with Crippen LogP contribution in [0, 0.1) is 0 Å². The van der Waals surface area contributed by atoms with Gasteiger partial charge >= 0.3 is 6.09 Å². The van der Waals surface area contributed by atoms with E-state index in [1.165, 1.54) is 16.9 Å². The number of rotatable bonds is 5. The second kappa shape index (κ2) is 14.4. The maximum absolute atomic E-state index is 13.3. The van der Waals surface area contributed by atoms with Gasteiger partial charge < -0.3 is 35.7 Å². The predicted molar refractivity (Wildman–Crippen MR) is 222 cm³/mol. The molecule has 4 heterocycles. The summed E-state index contributed by atoms with van der Waals surface area (Å²) in [6.07, 6.45) is -0.650. The molecule has 0 spiro atoms. The third kappa shape index (κ3) is 5.95. The van der Waals surface area contributed by atoms with Gasteiger partial charge in [0, 0.05) is 39.1 Å². The number of nitrogens with zero attached hydrogens (tertiary/aromatic N) is 3. The summed E-state index contributed by atoms with van der Waals surface area (Å²) < 4.78 is 10.0. The number of methoxy groups -OCH3 is 1. The fourth-order valence-electron chi connectivity index (χ4n) is 7.88. The average Bonchev–Trinajstić information content (AvgIpc) is 3.86. The van der Waals surface area contributed by atoms with Gasteiger partial charge in [-0.25, -0.2) is 9.78 Å². The summed E-state index contributed by atoms with van der Waals surface area (Å²) in [7, 11) is 1.26. The van der Waals surface area contributed by atoms with Crippen LogP contribution in [0.5, 0.6) is 5.75 Å². The van der Waals surface area contributed by atoms with Crippen molar-refractivity contribution in [2.45, 2.75) is 11.4 Å². The van der Waals surface area contributed by atoms with Crippen molar-refractivity contribution in [2.24, 2.45) is 0 Å². The Morgan fingerprint density at radius 1 is 0.767 bits per heavy atom. The van der Waals surface area contributed by atoms with E-state index >= 15 is 0 Å². The van der Waals surface area contributed by atoms with Crippen LogP contribution in [0.1, 0.15) is 43.0 Å². The minimum absolute atomic E-state index is 0.0649. The molecule has 0 saturated carbocycles. The molecule has 0 saturated heterocycles. The lowest BCUT2D eigenvalue weighted by Crippen LogP contribution is -2.45. The molecule has 6 aromatic carbocycles. The van der Waals surface area contributed by atoms with Crippen molar-refractivity contribution >= 4 is 63.5 Å². The minimum Gasteiger partial charge on any atom is -0.482 e. The summed E-state index contributed by atoms with van der Waals surface area (Å²) in [5.74, 6) is -0.219. The van der Waals surface area contributed by atoms with E-state index in [2.05, 4.69) is 25.3 Å². The van der Waals surface area contributed by atoms with Crippen LogP contribution in [0.15, 0.2) is 140 Å². The Bertz CT molecular complexity index is 2880. The van der Waals surface area contributed by atoms with Crippen LogP contribution in [0.2, 0.25) is 0 Å². The van der Waals surface area contributed by atoms with Crippen molar-refractivity contribution in [3.05, 3.63) is 173 Å². The molecule has 10 rings (SSSR count). The van der Waals surface area contributed by atoms with Crippen LogP contribution in [0.3, 0.4) is 0 Å². The molecular formula is C45H35N7O8. The number of carbonyl (C=O) groups is 4. The second-order valence-electron chi connectivity index (χ2n) is 14.1. The van der Waals surface area contributed by atoms with Crippen molar-refractivity contribution in [1.29, 1.82) is 0 Å². The zero-order valence-corrected chi connectivity index (χ0v) is 31.7. The van der Waals surface area contributed by atoms with Gasteiger partial charge in [0.1, 0.15) is 5.75 Å². The van der Waals surface area contributed by atoms with Crippen LogP contribution >= 0.6 is 0 Å². The van der Waals surface area contributed by atoms with E-state index in [9.17, 15) is 29.4 Å². The number of fused-ring (bicyclic) bond motifs is 4. The number of aromatic amines is 1. The van der Waals surface area contributed by atoms with E-state index in [1.807, 2.05) is 18.2 Å². The van der Waals surface area contributed by atoms with Crippen molar-refractivity contribution in [1.82, 2.24) is 9.97 Å². The molecule has 1 aromatic heterocycles. The van der Waals surface area contributed by atoms with E-state index < -0.39 is 17.5 Å². The number of nitrogens with two attached hydrogens (primary N) is 1. The van der Waals surface area contributed by atoms with Gasteiger partial charge in [0.25, 0.3) is 17.7 Å². The zero-order chi connectivity index (χ0) is 41.8. The van der Waals surface area contributed by atoms with Gasteiger partial charge in [-0.1, -0.05) is 72.8 Å². The Balaban J connectivity index is 0.000000154. The SMILES string of the molecule is COC(=O)Nc1nc2ccc(C3(O)c4ccccc4C(=O)N3c3ccccc3)cc2[nH]1.Nc1ccccc1N1C(=O)c2ccccc2C1(O)c1ccc2c(c1)NC(=O)CO2. The number of ether oxygens (including phenoxy) is 2. The molecule has 7 N–H and O–H groups in total. The molecule has 3 aliphatic heterocycles. The number of hydrogen-bond donors (Lipinski definition) is 6. The van der Waals surface area contributed by atoms with Gasteiger partial charge in [0.15, 0.2) is 18.1 Å². The highest BCUT2D eigenvalue weighted by molar-refractivity contribution is 6.14. The summed E-state index contributed by atoms with van der Waals surface area (Å²) in [5, 5.41) is 29.2. The molecule has 15 nitrogen and oxygen atoms in total. The van der Waals surface area contributed by atoms with E-state index in [0.29, 0.717) is 72.9 Å². The number of aliphatic hydroxyl groups is 2. The topological polar surface area (TPSA) is 212 Å². The fourth-order valence-corrected chi connectivity index (χ4v) is 7.88. The number of anilines is 5. The maximum atomic E-state index is 13.3. The molecule has 0 bridgehead atoms.